The van der Waals surface area contributed by atoms with Gasteiger partial charge in [-0.25, -0.2) is 0 Å². The molecule has 0 amide bonds. The van der Waals surface area contributed by atoms with Gasteiger partial charge in [-0.3, -0.25) is 0 Å². The molecule has 1 heterocycles. The highest BCUT2D eigenvalue weighted by Crippen LogP contribution is 2.28. The van der Waals surface area contributed by atoms with E-state index in [-0.39, 0.29) is 6.04 Å². The summed E-state index contributed by atoms with van der Waals surface area (Å²) in [5.41, 5.74) is 2.65. The summed E-state index contributed by atoms with van der Waals surface area (Å²) in [6.07, 6.45) is 4.38. The molecule has 0 aliphatic carbocycles. The van der Waals surface area contributed by atoms with Crippen molar-refractivity contribution in [2.24, 2.45) is 0 Å². The molecule has 2 nitrogen and oxygen atoms in total. The molecule has 2 heteroatoms. The van der Waals surface area contributed by atoms with Crippen LogP contribution in [0.5, 0.6) is 0 Å². The smallest absolute Gasteiger partial charge is 0.114 e. The van der Waals surface area contributed by atoms with E-state index in [0.29, 0.717) is 0 Å². The van der Waals surface area contributed by atoms with E-state index in [4.69, 9.17) is 4.74 Å². The van der Waals surface area contributed by atoms with E-state index in [1.807, 2.05) is 0 Å². The first-order valence-electron chi connectivity index (χ1n) is 6.44. The Morgan fingerprint density at radius 1 is 1.35 bits per heavy atom. The number of rotatable bonds is 5. The van der Waals surface area contributed by atoms with Crippen LogP contribution in [0.15, 0.2) is 36.1 Å². The minimum atomic E-state index is 0.221. The first-order chi connectivity index (χ1) is 8.33. The molecule has 0 saturated carbocycles. The summed E-state index contributed by atoms with van der Waals surface area (Å²) >= 11 is 0. The predicted molar refractivity (Wildman–Crippen MR) is 70.9 cm³/mol. The molecule has 17 heavy (non-hydrogen) atoms. The Morgan fingerprint density at radius 2 is 2.18 bits per heavy atom. The van der Waals surface area contributed by atoms with Crippen molar-refractivity contribution in [3.8, 4) is 0 Å². The third kappa shape index (κ3) is 2.89. The van der Waals surface area contributed by atoms with Gasteiger partial charge in [0.05, 0.1) is 12.6 Å². The Labute approximate surface area is 104 Å². The molecule has 1 unspecified atom stereocenters. The number of ether oxygens (including phenoxy) is 1. The van der Waals surface area contributed by atoms with Crippen molar-refractivity contribution in [1.29, 1.82) is 0 Å². The normalized spacial score (nSPS) is 16.5. The van der Waals surface area contributed by atoms with Crippen molar-refractivity contribution in [1.82, 2.24) is 5.32 Å². The van der Waals surface area contributed by atoms with Crippen molar-refractivity contribution >= 4 is 0 Å². The van der Waals surface area contributed by atoms with Crippen LogP contribution in [0, 0.1) is 6.92 Å². The van der Waals surface area contributed by atoms with Crippen molar-refractivity contribution in [3.05, 3.63) is 47.2 Å². The topological polar surface area (TPSA) is 21.3 Å². The van der Waals surface area contributed by atoms with Gasteiger partial charge in [0.15, 0.2) is 0 Å². The second-order valence-electron chi connectivity index (χ2n) is 4.49. The monoisotopic (exact) mass is 231 g/mol. The van der Waals surface area contributed by atoms with Gasteiger partial charge in [-0.2, -0.15) is 0 Å². The number of nitrogens with one attached hydrogen (secondary N) is 1. The van der Waals surface area contributed by atoms with Crippen molar-refractivity contribution in [3.63, 3.8) is 0 Å². The summed E-state index contributed by atoms with van der Waals surface area (Å²) in [7, 11) is 0. The van der Waals surface area contributed by atoms with Gasteiger partial charge in [0.2, 0.25) is 0 Å². The molecule has 0 bridgehead atoms. The second kappa shape index (κ2) is 5.87. The predicted octanol–water partition coefficient (Wildman–Crippen LogP) is 3.34. The van der Waals surface area contributed by atoms with Crippen LogP contribution in [0.1, 0.15) is 36.9 Å². The minimum Gasteiger partial charge on any atom is -0.496 e. The molecule has 0 aromatic heterocycles. The standard InChI is InChI=1S/C15H21NO/c1-3-10-16-15(14-9-6-11-17-14)13-8-5-4-7-12(13)2/h4-5,7-9,15-16H,3,6,10-11H2,1-2H3. The fraction of sp³-hybridized carbons (Fsp3) is 0.467. The highest BCUT2D eigenvalue weighted by molar-refractivity contribution is 5.33. The molecule has 1 aliphatic heterocycles. The Morgan fingerprint density at radius 3 is 2.82 bits per heavy atom. The maximum atomic E-state index is 5.72. The lowest BCUT2D eigenvalue weighted by Crippen LogP contribution is -2.24. The van der Waals surface area contributed by atoms with Crippen LogP contribution in [-0.4, -0.2) is 13.2 Å². The molecule has 2 rings (SSSR count). The number of aryl methyl sites for hydroxylation is 1. The van der Waals surface area contributed by atoms with Crippen molar-refractivity contribution in [2.75, 3.05) is 13.2 Å². The van der Waals surface area contributed by atoms with Crippen LogP contribution >= 0.6 is 0 Å². The second-order valence-corrected chi connectivity index (χ2v) is 4.49. The molecule has 1 aromatic rings. The average molecular weight is 231 g/mol. The van der Waals surface area contributed by atoms with E-state index in [0.717, 1.165) is 31.8 Å². The molecule has 0 saturated heterocycles. The molecule has 1 aliphatic rings. The Balaban J connectivity index is 2.23. The van der Waals surface area contributed by atoms with Crippen LogP contribution in [0.4, 0.5) is 0 Å². The van der Waals surface area contributed by atoms with Crippen molar-refractivity contribution < 1.29 is 4.74 Å². The SMILES string of the molecule is CCCNC(C1=CCCO1)c1ccccc1C. The maximum absolute atomic E-state index is 5.72. The van der Waals surface area contributed by atoms with E-state index in [9.17, 15) is 0 Å². The molecule has 1 N–H and O–H groups in total. The fourth-order valence-corrected chi connectivity index (χ4v) is 2.20. The summed E-state index contributed by atoms with van der Waals surface area (Å²) in [5, 5.41) is 3.58. The van der Waals surface area contributed by atoms with Crippen LogP contribution in [-0.2, 0) is 4.74 Å². The van der Waals surface area contributed by atoms with Gasteiger partial charge in [-0.05, 0) is 37.1 Å². The first kappa shape index (κ1) is 12.2. The van der Waals surface area contributed by atoms with Crippen LogP contribution < -0.4 is 5.32 Å². The summed E-state index contributed by atoms with van der Waals surface area (Å²) in [5.74, 6) is 1.09. The van der Waals surface area contributed by atoms with E-state index in [1.54, 1.807) is 0 Å². The van der Waals surface area contributed by atoms with E-state index in [1.165, 1.54) is 11.1 Å². The lowest BCUT2D eigenvalue weighted by molar-refractivity contribution is 0.215. The Kier molecular flexibility index (Phi) is 4.21. The average Bonchev–Trinajstić information content (AvgIpc) is 2.85. The molecule has 1 aromatic carbocycles. The third-order valence-electron chi connectivity index (χ3n) is 3.11. The molecular formula is C15H21NO. The van der Waals surface area contributed by atoms with Gasteiger partial charge in [0.1, 0.15) is 5.76 Å². The van der Waals surface area contributed by atoms with Crippen LogP contribution in [0.2, 0.25) is 0 Å². The molecular weight excluding hydrogens is 210 g/mol. The number of hydrogen-bond acceptors (Lipinski definition) is 2. The summed E-state index contributed by atoms with van der Waals surface area (Å²) in [6.45, 7) is 6.18. The van der Waals surface area contributed by atoms with Crippen LogP contribution in [0.3, 0.4) is 0 Å². The lowest BCUT2D eigenvalue weighted by atomic mass is 9.99. The van der Waals surface area contributed by atoms with E-state index in [2.05, 4.69) is 49.5 Å². The molecule has 92 valence electrons. The van der Waals surface area contributed by atoms with E-state index < -0.39 is 0 Å². The molecule has 0 spiro atoms. The molecule has 1 atom stereocenters. The van der Waals surface area contributed by atoms with Gasteiger partial charge in [0, 0.05) is 6.42 Å². The zero-order chi connectivity index (χ0) is 12.1. The first-order valence-corrected chi connectivity index (χ1v) is 6.44. The van der Waals surface area contributed by atoms with Gasteiger partial charge in [-0.1, -0.05) is 31.2 Å². The molecule has 0 fully saturated rings. The lowest BCUT2D eigenvalue weighted by Gasteiger charge is -2.21. The van der Waals surface area contributed by atoms with Gasteiger partial charge in [-0.15, -0.1) is 0 Å². The highest BCUT2D eigenvalue weighted by atomic mass is 16.5. The summed E-state index contributed by atoms with van der Waals surface area (Å²) < 4.78 is 5.72. The zero-order valence-electron chi connectivity index (χ0n) is 10.7. The van der Waals surface area contributed by atoms with E-state index >= 15 is 0 Å². The van der Waals surface area contributed by atoms with Crippen LogP contribution in [0.25, 0.3) is 0 Å². The number of benzene rings is 1. The van der Waals surface area contributed by atoms with Gasteiger partial charge < -0.3 is 10.1 Å². The highest BCUT2D eigenvalue weighted by Gasteiger charge is 2.21. The number of hydrogen-bond donors (Lipinski definition) is 1. The molecule has 0 radical (unpaired) electrons. The largest absolute Gasteiger partial charge is 0.496 e. The Bertz CT molecular complexity index is 398. The summed E-state index contributed by atoms with van der Waals surface area (Å²) in [6, 6.07) is 8.74. The quantitative estimate of drug-likeness (QED) is 0.839. The zero-order valence-corrected chi connectivity index (χ0v) is 10.7. The fourth-order valence-electron chi connectivity index (χ4n) is 2.20. The minimum absolute atomic E-state index is 0.221. The third-order valence-corrected chi connectivity index (χ3v) is 3.11. The van der Waals surface area contributed by atoms with Gasteiger partial charge in [0.25, 0.3) is 0 Å². The maximum Gasteiger partial charge on any atom is 0.114 e. The van der Waals surface area contributed by atoms with Crippen molar-refractivity contribution in [2.45, 2.75) is 32.7 Å². The summed E-state index contributed by atoms with van der Waals surface area (Å²) in [4.78, 5) is 0. The Hall–Kier alpha value is -1.28. The van der Waals surface area contributed by atoms with Gasteiger partial charge >= 0.3 is 0 Å².